The number of nitrogens with one attached hydrogen (secondary N) is 1. The molecule has 0 saturated heterocycles. The number of thiazole rings is 1. The lowest BCUT2D eigenvalue weighted by molar-refractivity contribution is -0.126. The van der Waals surface area contributed by atoms with Crippen LogP contribution in [0, 0.1) is 6.92 Å². The van der Waals surface area contributed by atoms with Crippen LogP contribution in [-0.4, -0.2) is 23.9 Å². The predicted octanol–water partition coefficient (Wildman–Crippen LogP) is 3.00. The molecular formula is C9H12F4N2S. The maximum absolute atomic E-state index is 12.6. The summed E-state index contributed by atoms with van der Waals surface area (Å²) < 4.78 is 49.0. The van der Waals surface area contributed by atoms with Crippen molar-refractivity contribution >= 4 is 11.3 Å². The van der Waals surface area contributed by atoms with Gasteiger partial charge in [0, 0.05) is 10.9 Å². The third-order valence-corrected chi connectivity index (χ3v) is 3.25. The quantitative estimate of drug-likeness (QED) is 0.819. The van der Waals surface area contributed by atoms with E-state index < -0.39 is 24.9 Å². The lowest BCUT2D eigenvalue weighted by atomic mass is 10.2. The molecule has 92 valence electrons. The van der Waals surface area contributed by atoms with E-state index in [4.69, 9.17) is 0 Å². The Hall–Kier alpha value is -0.690. The number of hydrogen-bond acceptors (Lipinski definition) is 3. The molecule has 1 heterocycles. The molecule has 1 aromatic rings. The van der Waals surface area contributed by atoms with Gasteiger partial charge in [-0.2, -0.15) is 8.78 Å². The van der Waals surface area contributed by atoms with Crippen LogP contribution in [0.3, 0.4) is 0 Å². The molecule has 1 atom stereocenters. The molecule has 2 nitrogen and oxygen atoms in total. The Bertz CT molecular complexity index is 340. The average molecular weight is 256 g/mol. The highest BCUT2D eigenvalue weighted by Gasteiger charge is 2.40. The van der Waals surface area contributed by atoms with Gasteiger partial charge in [-0.1, -0.05) is 0 Å². The molecule has 0 aliphatic carbocycles. The van der Waals surface area contributed by atoms with Crippen LogP contribution in [0.25, 0.3) is 0 Å². The third kappa shape index (κ3) is 3.15. The summed E-state index contributed by atoms with van der Waals surface area (Å²) in [5.74, 6) is -3.99. The lowest BCUT2D eigenvalue weighted by Crippen LogP contribution is -2.39. The normalized spacial score (nSPS) is 14.4. The van der Waals surface area contributed by atoms with Gasteiger partial charge in [-0.25, -0.2) is 13.8 Å². The molecule has 0 aliphatic rings. The van der Waals surface area contributed by atoms with Gasteiger partial charge in [-0.15, -0.1) is 11.3 Å². The van der Waals surface area contributed by atoms with Crippen molar-refractivity contribution in [3.05, 3.63) is 16.1 Å². The van der Waals surface area contributed by atoms with Crippen LogP contribution < -0.4 is 5.32 Å². The average Bonchev–Trinajstić information content (AvgIpc) is 2.61. The summed E-state index contributed by atoms with van der Waals surface area (Å²) in [4.78, 5) is 4.74. The Morgan fingerprint density at radius 2 is 2.12 bits per heavy atom. The first-order chi connectivity index (χ1) is 7.34. The van der Waals surface area contributed by atoms with Gasteiger partial charge in [0.15, 0.2) is 0 Å². The first kappa shape index (κ1) is 13.4. The monoisotopic (exact) mass is 256 g/mol. The second kappa shape index (κ2) is 5.09. The number of aromatic nitrogens is 1. The summed E-state index contributed by atoms with van der Waals surface area (Å²) in [7, 11) is 0. The Morgan fingerprint density at radius 3 is 2.56 bits per heavy atom. The van der Waals surface area contributed by atoms with Gasteiger partial charge in [0.05, 0.1) is 17.7 Å². The molecule has 7 heteroatoms. The van der Waals surface area contributed by atoms with Crippen molar-refractivity contribution in [1.82, 2.24) is 10.3 Å². The Labute approximate surface area is 94.7 Å². The van der Waals surface area contributed by atoms with Crippen LogP contribution >= 0.6 is 11.3 Å². The molecule has 0 radical (unpaired) electrons. The summed E-state index contributed by atoms with van der Waals surface area (Å²) in [6.07, 6.45) is -3.64. The molecule has 0 aromatic carbocycles. The van der Waals surface area contributed by atoms with E-state index in [-0.39, 0.29) is 0 Å². The van der Waals surface area contributed by atoms with Gasteiger partial charge in [0.1, 0.15) is 0 Å². The largest absolute Gasteiger partial charge is 0.319 e. The second-order valence-corrected chi connectivity index (χ2v) is 4.35. The van der Waals surface area contributed by atoms with Crippen LogP contribution in [0.1, 0.15) is 23.5 Å². The number of aryl methyl sites for hydroxylation is 1. The maximum Gasteiger partial charge on any atom is 0.319 e. The zero-order chi connectivity index (χ0) is 12.3. The van der Waals surface area contributed by atoms with Crippen molar-refractivity contribution in [3.8, 4) is 0 Å². The summed E-state index contributed by atoms with van der Waals surface area (Å²) >= 11 is 1.31. The van der Waals surface area contributed by atoms with Crippen molar-refractivity contribution in [2.75, 3.05) is 6.54 Å². The molecular weight excluding hydrogens is 244 g/mol. The Morgan fingerprint density at radius 1 is 1.50 bits per heavy atom. The van der Waals surface area contributed by atoms with Crippen LogP contribution in [0.5, 0.6) is 0 Å². The van der Waals surface area contributed by atoms with E-state index in [9.17, 15) is 17.6 Å². The fourth-order valence-corrected chi connectivity index (χ4v) is 2.02. The zero-order valence-corrected chi connectivity index (χ0v) is 9.62. The molecule has 0 aliphatic heterocycles. The van der Waals surface area contributed by atoms with Crippen molar-refractivity contribution in [2.24, 2.45) is 0 Å². The fourth-order valence-electron chi connectivity index (χ4n) is 1.19. The Kier molecular flexibility index (Phi) is 4.26. The minimum Gasteiger partial charge on any atom is -0.304 e. The summed E-state index contributed by atoms with van der Waals surface area (Å²) in [6.45, 7) is 2.35. The van der Waals surface area contributed by atoms with E-state index in [1.807, 2.05) is 0 Å². The third-order valence-electron chi connectivity index (χ3n) is 2.14. The first-order valence-electron chi connectivity index (χ1n) is 4.64. The van der Waals surface area contributed by atoms with E-state index in [2.05, 4.69) is 10.3 Å². The summed E-state index contributed by atoms with van der Waals surface area (Å²) in [5.41, 5.74) is 2.32. The topological polar surface area (TPSA) is 24.9 Å². The van der Waals surface area contributed by atoms with Crippen molar-refractivity contribution in [1.29, 1.82) is 0 Å². The molecule has 0 saturated carbocycles. The Balaban J connectivity index is 2.54. The fraction of sp³-hybridized carbons (Fsp3) is 0.667. The molecule has 1 N–H and O–H groups in total. The van der Waals surface area contributed by atoms with Gasteiger partial charge in [-0.3, -0.25) is 0 Å². The number of hydrogen-bond donors (Lipinski definition) is 1. The van der Waals surface area contributed by atoms with Crippen molar-refractivity contribution in [3.63, 3.8) is 0 Å². The minimum atomic E-state index is -3.99. The van der Waals surface area contributed by atoms with E-state index >= 15 is 0 Å². The highest BCUT2D eigenvalue weighted by atomic mass is 32.1. The molecule has 0 amide bonds. The van der Waals surface area contributed by atoms with Crippen LogP contribution in [0.2, 0.25) is 0 Å². The lowest BCUT2D eigenvalue weighted by Gasteiger charge is -2.19. The van der Waals surface area contributed by atoms with Crippen molar-refractivity contribution < 1.29 is 17.6 Å². The molecule has 0 bridgehead atoms. The molecule has 0 spiro atoms. The smallest absolute Gasteiger partial charge is 0.304 e. The van der Waals surface area contributed by atoms with E-state index in [1.165, 1.54) is 11.3 Å². The van der Waals surface area contributed by atoms with Gasteiger partial charge in [0.25, 0.3) is 0 Å². The first-order valence-corrected chi connectivity index (χ1v) is 5.52. The van der Waals surface area contributed by atoms with Crippen LogP contribution in [0.4, 0.5) is 17.6 Å². The highest BCUT2D eigenvalue weighted by Crippen LogP contribution is 2.25. The highest BCUT2D eigenvalue weighted by molar-refractivity contribution is 7.09. The maximum atomic E-state index is 12.6. The molecule has 0 fully saturated rings. The van der Waals surface area contributed by atoms with Crippen LogP contribution in [0.15, 0.2) is 5.51 Å². The van der Waals surface area contributed by atoms with Gasteiger partial charge < -0.3 is 5.32 Å². The van der Waals surface area contributed by atoms with Gasteiger partial charge >= 0.3 is 12.3 Å². The van der Waals surface area contributed by atoms with E-state index in [1.54, 1.807) is 19.4 Å². The summed E-state index contributed by atoms with van der Waals surface area (Å²) in [6, 6.07) is -0.405. The second-order valence-electron chi connectivity index (χ2n) is 3.47. The number of nitrogens with zero attached hydrogens (tertiary/aromatic N) is 1. The van der Waals surface area contributed by atoms with Gasteiger partial charge in [0.2, 0.25) is 0 Å². The van der Waals surface area contributed by atoms with E-state index in [0.29, 0.717) is 0 Å². The SMILES string of the molecule is Cc1ncsc1C(C)NCC(F)(F)C(F)F. The number of alkyl halides is 4. The number of halogens is 4. The van der Waals surface area contributed by atoms with E-state index in [0.717, 1.165) is 10.6 Å². The zero-order valence-electron chi connectivity index (χ0n) is 8.81. The standard InChI is InChI=1S/C9H12F4N2S/c1-5(7-6(2)15-4-16-7)14-3-9(12,13)8(10)11/h4-5,8,14H,3H2,1-2H3. The van der Waals surface area contributed by atoms with Gasteiger partial charge in [-0.05, 0) is 13.8 Å². The minimum absolute atomic E-state index is 0.405. The van der Waals surface area contributed by atoms with Crippen LogP contribution in [-0.2, 0) is 0 Å². The molecule has 1 aromatic heterocycles. The number of rotatable bonds is 5. The predicted molar refractivity (Wildman–Crippen MR) is 54.2 cm³/mol. The van der Waals surface area contributed by atoms with Crippen molar-refractivity contribution in [2.45, 2.75) is 32.2 Å². The summed E-state index contributed by atoms with van der Waals surface area (Å²) in [5, 5.41) is 2.39. The molecule has 16 heavy (non-hydrogen) atoms. The molecule has 1 rings (SSSR count). The molecule has 1 unspecified atom stereocenters.